The molecular formula is C15H15F2NS. The molecule has 0 spiro atoms. The summed E-state index contributed by atoms with van der Waals surface area (Å²) in [5, 5.41) is 3.02. The first-order chi connectivity index (χ1) is 9.13. The number of hydrogen-bond acceptors (Lipinski definition) is 2. The Labute approximate surface area is 116 Å². The lowest BCUT2D eigenvalue weighted by Gasteiger charge is -2.16. The third-order valence-corrected chi connectivity index (χ3v) is 4.06. The predicted octanol–water partition coefficient (Wildman–Crippen LogP) is 4.40. The molecule has 0 heterocycles. The number of hydrogen-bond donors (Lipinski definition) is 1. The summed E-state index contributed by atoms with van der Waals surface area (Å²) >= 11 is 1.24. The van der Waals surface area contributed by atoms with E-state index in [1.54, 1.807) is 31.3 Å². The monoisotopic (exact) mass is 279 g/mol. The van der Waals surface area contributed by atoms with Crippen LogP contribution in [0.5, 0.6) is 0 Å². The van der Waals surface area contributed by atoms with Crippen molar-refractivity contribution in [2.75, 3.05) is 7.05 Å². The highest BCUT2D eigenvalue weighted by molar-refractivity contribution is 7.99. The lowest BCUT2D eigenvalue weighted by Crippen LogP contribution is -2.14. The van der Waals surface area contributed by atoms with Crippen LogP contribution in [0.2, 0.25) is 0 Å². The van der Waals surface area contributed by atoms with Crippen LogP contribution in [0.25, 0.3) is 0 Å². The highest BCUT2D eigenvalue weighted by Gasteiger charge is 2.16. The fourth-order valence-electron chi connectivity index (χ4n) is 1.82. The number of halogens is 2. The van der Waals surface area contributed by atoms with Gasteiger partial charge in [-0.3, -0.25) is 0 Å². The van der Waals surface area contributed by atoms with E-state index in [2.05, 4.69) is 5.32 Å². The summed E-state index contributed by atoms with van der Waals surface area (Å²) in [5.41, 5.74) is 0.568. The summed E-state index contributed by atoms with van der Waals surface area (Å²) in [5.74, 6) is -0.567. The van der Waals surface area contributed by atoms with Gasteiger partial charge in [-0.05, 0) is 38.2 Å². The molecule has 0 saturated heterocycles. The van der Waals surface area contributed by atoms with Crippen LogP contribution in [0.15, 0.2) is 52.3 Å². The van der Waals surface area contributed by atoms with Crippen LogP contribution in [-0.4, -0.2) is 7.05 Å². The van der Waals surface area contributed by atoms with Gasteiger partial charge in [-0.1, -0.05) is 30.0 Å². The number of rotatable bonds is 4. The Morgan fingerprint density at radius 1 is 0.947 bits per heavy atom. The van der Waals surface area contributed by atoms with E-state index in [1.165, 1.54) is 23.9 Å². The third kappa shape index (κ3) is 3.14. The smallest absolute Gasteiger partial charge is 0.137 e. The van der Waals surface area contributed by atoms with Gasteiger partial charge in [0.05, 0.1) is 0 Å². The van der Waals surface area contributed by atoms with Gasteiger partial charge in [0.25, 0.3) is 0 Å². The van der Waals surface area contributed by atoms with E-state index >= 15 is 0 Å². The average molecular weight is 279 g/mol. The highest BCUT2D eigenvalue weighted by atomic mass is 32.2. The summed E-state index contributed by atoms with van der Waals surface area (Å²) in [4.78, 5) is 1.23. The first-order valence-corrected chi connectivity index (χ1v) is 6.83. The second kappa shape index (κ2) is 6.17. The predicted molar refractivity (Wildman–Crippen MR) is 74.4 cm³/mol. The van der Waals surface area contributed by atoms with Crippen LogP contribution < -0.4 is 5.32 Å². The van der Waals surface area contributed by atoms with Crippen molar-refractivity contribution >= 4 is 11.8 Å². The molecule has 0 aromatic heterocycles. The number of nitrogens with one attached hydrogen (secondary N) is 1. The quantitative estimate of drug-likeness (QED) is 0.890. The molecule has 1 atom stereocenters. The van der Waals surface area contributed by atoms with Crippen molar-refractivity contribution in [3.63, 3.8) is 0 Å². The second-order valence-corrected chi connectivity index (χ2v) is 5.28. The van der Waals surface area contributed by atoms with Gasteiger partial charge in [0.2, 0.25) is 0 Å². The Hall–Kier alpha value is -1.39. The van der Waals surface area contributed by atoms with E-state index < -0.39 is 0 Å². The summed E-state index contributed by atoms with van der Waals surface area (Å²) in [6.45, 7) is 1.88. The molecule has 2 aromatic carbocycles. The molecule has 2 aromatic rings. The molecule has 0 aliphatic carbocycles. The van der Waals surface area contributed by atoms with Crippen molar-refractivity contribution in [1.29, 1.82) is 0 Å². The zero-order valence-corrected chi connectivity index (χ0v) is 11.6. The van der Waals surface area contributed by atoms with Gasteiger partial charge in [0.1, 0.15) is 11.6 Å². The van der Waals surface area contributed by atoms with E-state index in [1.807, 2.05) is 13.0 Å². The minimum absolute atomic E-state index is 0.129. The van der Waals surface area contributed by atoms with E-state index in [-0.39, 0.29) is 17.7 Å². The van der Waals surface area contributed by atoms with Gasteiger partial charge in [0, 0.05) is 21.4 Å². The van der Waals surface area contributed by atoms with Gasteiger partial charge < -0.3 is 5.32 Å². The molecule has 0 aliphatic rings. The first-order valence-electron chi connectivity index (χ1n) is 6.01. The highest BCUT2D eigenvalue weighted by Crippen LogP contribution is 2.35. The SMILES string of the molecule is CNC(C)c1c(F)cccc1Sc1ccccc1F. The minimum Gasteiger partial charge on any atom is -0.313 e. The topological polar surface area (TPSA) is 12.0 Å². The molecule has 1 nitrogen and oxygen atoms in total. The fraction of sp³-hybridized carbons (Fsp3) is 0.200. The van der Waals surface area contributed by atoms with Gasteiger partial charge in [-0.25, -0.2) is 8.78 Å². The van der Waals surface area contributed by atoms with Crippen LogP contribution in [0.3, 0.4) is 0 Å². The van der Waals surface area contributed by atoms with Gasteiger partial charge in [-0.2, -0.15) is 0 Å². The zero-order valence-electron chi connectivity index (χ0n) is 10.8. The molecule has 4 heteroatoms. The van der Waals surface area contributed by atoms with Crippen LogP contribution in [-0.2, 0) is 0 Å². The second-order valence-electron chi connectivity index (χ2n) is 4.19. The average Bonchev–Trinajstić information content (AvgIpc) is 2.41. The fourth-order valence-corrected chi connectivity index (χ4v) is 2.90. The van der Waals surface area contributed by atoms with Crippen molar-refractivity contribution in [1.82, 2.24) is 5.32 Å². The Morgan fingerprint density at radius 3 is 2.26 bits per heavy atom. The largest absolute Gasteiger partial charge is 0.313 e. The van der Waals surface area contributed by atoms with Crippen LogP contribution >= 0.6 is 11.8 Å². The lowest BCUT2D eigenvalue weighted by atomic mass is 10.1. The minimum atomic E-state index is -0.292. The molecule has 0 radical (unpaired) electrons. The molecule has 0 bridgehead atoms. The normalized spacial score (nSPS) is 12.4. The van der Waals surface area contributed by atoms with Crippen molar-refractivity contribution < 1.29 is 8.78 Å². The molecule has 0 fully saturated rings. The first kappa shape index (κ1) is 14.0. The Kier molecular flexibility index (Phi) is 4.56. The summed E-state index contributed by atoms with van der Waals surface area (Å²) in [6.07, 6.45) is 0. The maximum Gasteiger partial charge on any atom is 0.137 e. The maximum atomic E-state index is 13.9. The molecule has 0 amide bonds. The standard InChI is InChI=1S/C15H15F2NS/c1-10(18-2)15-12(17)7-5-9-14(15)19-13-8-4-3-6-11(13)16/h3-10,18H,1-2H3. The van der Waals surface area contributed by atoms with Gasteiger partial charge in [0.15, 0.2) is 0 Å². The van der Waals surface area contributed by atoms with Crippen molar-refractivity contribution in [2.45, 2.75) is 22.8 Å². The van der Waals surface area contributed by atoms with E-state index in [0.29, 0.717) is 10.5 Å². The number of benzene rings is 2. The van der Waals surface area contributed by atoms with Crippen LogP contribution in [0, 0.1) is 11.6 Å². The van der Waals surface area contributed by atoms with E-state index in [0.717, 1.165) is 4.90 Å². The molecule has 1 unspecified atom stereocenters. The van der Waals surface area contributed by atoms with Crippen molar-refractivity contribution in [3.8, 4) is 0 Å². The molecule has 19 heavy (non-hydrogen) atoms. The zero-order chi connectivity index (χ0) is 13.8. The molecule has 0 aliphatic heterocycles. The Balaban J connectivity index is 2.40. The van der Waals surface area contributed by atoms with E-state index in [4.69, 9.17) is 0 Å². The van der Waals surface area contributed by atoms with Crippen molar-refractivity contribution in [3.05, 3.63) is 59.7 Å². The van der Waals surface area contributed by atoms with Gasteiger partial charge in [-0.15, -0.1) is 0 Å². The van der Waals surface area contributed by atoms with Crippen LogP contribution in [0.4, 0.5) is 8.78 Å². The lowest BCUT2D eigenvalue weighted by molar-refractivity contribution is 0.551. The molecule has 0 saturated carbocycles. The maximum absolute atomic E-state index is 13.9. The summed E-state index contributed by atoms with van der Waals surface area (Å²) < 4.78 is 27.6. The Morgan fingerprint density at radius 2 is 1.58 bits per heavy atom. The van der Waals surface area contributed by atoms with Crippen LogP contribution in [0.1, 0.15) is 18.5 Å². The van der Waals surface area contributed by atoms with Crippen molar-refractivity contribution in [2.24, 2.45) is 0 Å². The molecule has 100 valence electrons. The molecule has 2 rings (SSSR count). The summed E-state index contributed by atoms with van der Waals surface area (Å²) in [7, 11) is 1.77. The molecule has 1 N–H and O–H groups in total. The molecular weight excluding hydrogens is 264 g/mol. The Bertz CT molecular complexity index is 572. The van der Waals surface area contributed by atoms with Gasteiger partial charge >= 0.3 is 0 Å². The van der Waals surface area contributed by atoms with E-state index in [9.17, 15) is 8.78 Å². The summed E-state index contributed by atoms with van der Waals surface area (Å²) in [6, 6.07) is 11.3. The third-order valence-electron chi connectivity index (χ3n) is 2.94.